The first-order chi connectivity index (χ1) is 7.66. The van der Waals surface area contributed by atoms with Gasteiger partial charge in [0.25, 0.3) is 0 Å². The summed E-state index contributed by atoms with van der Waals surface area (Å²) >= 11 is 0. The number of nitrogens with zero attached hydrogens (tertiary/aromatic N) is 1. The lowest BCUT2D eigenvalue weighted by molar-refractivity contribution is 0.0693. The zero-order valence-electron chi connectivity index (χ0n) is 10.5. The van der Waals surface area contributed by atoms with Gasteiger partial charge in [-0.3, -0.25) is 4.98 Å². The molecule has 0 saturated heterocycles. The Morgan fingerprint density at radius 3 is 2.88 bits per heavy atom. The summed E-state index contributed by atoms with van der Waals surface area (Å²) < 4.78 is 0. The Balaban J connectivity index is 2.01. The molecule has 1 aliphatic carbocycles. The minimum Gasteiger partial charge on any atom is -0.313 e. The van der Waals surface area contributed by atoms with Crippen LogP contribution in [0.15, 0.2) is 24.5 Å². The summed E-state index contributed by atoms with van der Waals surface area (Å²) in [5, 5.41) is 3.64. The third kappa shape index (κ3) is 1.99. The number of pyridine rings is 1. The Morgan fingerprint density at radius 2 is 2.31 bits per heavy atom. The average Bonchev–Trinajstić information content (AvgIpc) is 2.29. The third-order valence-corrected chi connectivity index (χ3v) is 4.00. The van der Waals surface area contributed by atoms with E-state index in [0.717, 1.165) is 6.54 Å². The first-order valence-electron chi connectivity index (χ1n) is 6.29. The molecule has 2 unspecified atom stereocenters. The summed E-state index contributed by atoms with van der Waals surface area (Å²) in [5.41, 5.74) is 1.75. The van der Waals surface area contributed by atoms with Gasteiger partial charge < -0.3 is 5.32 Å². The van der Waals surface area contributed by atoms with Crippen molar-refractivity contribution in [1.29, 1.82) is 0 Å². The topological polar surface area (TPSA) is 24.9 Å². The fraction of sp³-hybridized carbons (Fsp3) is 0.643. The third-order valence-electron chi connectivity index (χ3n) is 4.00. The van der Waals surface area contributed by atoms with Gasteiger partial charge in [0.05, 0.1) is 0 Å². The van der Waals surface area contributed by atoms with E-state index in [2.05, 4.69) is 37.1 Å². The average molecular weight is 218 g/mol. The van der Waals surface area contributed by atoms with Crippen LogP contribution in [0.3, 0.4) is 0 Å². The van der Waals surface area contributed by atoms with Crippen molar-refractivity contribution in [2.75, 3.05) is 6.54 Å². The van der Waals surface area contributed by atoms with Crippen LogP contribution in [-0.2, 0) is 0 Å². The van der Waals surface area contributed by atoms with Gasteiger partial charge in [-0.25, -0.2) is 0 Å². The zero-order valence-corrected chi connectivity index (χ0v) is 10.5. The first-order valence-corrected chi connectivity index (χ1v) is 6.29. The summed E-state index contributed by atoms with van der Waals surface area (Å²) in [6, 6.07) is 4.91. The van der Waals surface area contributed by atoms with Crippen molar-refractivity contribution >= 4 is 0 Å². The fourth-order valence-corrected chi connectivity index (χ4v) is 2.74. The molecule has 0 aromatic carbocycles. The molecule has 1 saturated carbocycles. The van der Waals surface area contributed by atoms with Gasteiger partial charge in [-0.1, -0.05) is 26.8 Å². The molecule has 1 heterocycles. The Bertz CT molecular complexity index is 332. The van der Waals surface area contributed by atoms with Gasteiger partial charge in [0, 0.05) is 18.4 Å². The lowest BCUT2D eigenvalue weighted by Gasteiger charge is -2.53. The molecule has 0 bridgehead atoms. The molecule has 16 heavy (non-hydrogen) atoms. The van der Waals surface area contributed by atoms with E-state index < -0.39 is 0 Å². The largest absolute Gasteiger partial charge is 0.313 e. The quantitative estimate of drug-likeness (QED) is 0.840. The number of aromatic nitrogens is 1. The second-order valence-corrected chi connectivity index (χ2v) is 5.40. The maximum absolute atomic E-state index is 4.22. The van der Waals surface area contributed by atoms with Crippen LogP contribution >= 0.6 is 0 Å². The highest BCUT2D eigenvalue weighted by Gasteiger charge is 2.48. The molecule has 2 heteroatoms. The molecule has 0 spiro atoms. The molecule has 1 aliphatic rings. The monoisotopic (exact) mass is 218 g/mol. The smallest absolute Gasteiger partial charge is 0.0302 e. The summed E-state index contributed by atoms with van der Waals surface area (Å²) in [6.45, 7) is 8.08. The molecular weight excluding hydrogens is 196 g/mol. The van der Waals surface area contributed by atoms with Crippen LogP contribution in [0, 0.1) is 5.41 Å². The van der Waals surface area contributed by atoms with Gasteiger partial charge in [0.2, 0.25) is 0 Å². The molecule has 1 N–H and O–H groups in total. The van der Waals surface area contributed by atoms with E-state index in [1.165, 1.54) is 18.4 Å². The van der Waals surface area contributed by atoms with E-state index in [1.807, 2.05) is 18.5 Å². The standard InChI is InChI=1S/C14H22N2/c1-4-7-16-13-9-12(14(13,2)3)11-6-5-8-15-10-11/h5-6,8,10,12-13,16H,4,7,9H2,1-3H3. The number of hydrogen-bond acceptors (Lipinski definition) is 2. The van der Waals surface area contributed by atoms with E-state index in [-0.39, 0.29) is 0 Å². The van der Waals surface area contributed by atoms with Gasteiger partial charge >= 0.3 is 0 Å². The van der Waals surface area contributed by atoms with Crippen LogP contribution in [0.1, 0.15) is 45.1 Å². The summed E-state index contributed by atoms with van der Waals surface area (Å²) in [6.07, 6.45) is 6.33. The van der Waals surface area contributed by atoms with Crippen LogP contribution in [0.5, 0.6) is 0 Å². The highest BCUT2D eigenvalue weighted by Crippen LogP contribution is 2.52. The van der Waals surface area contributed by atoms with Gasteiger partial charge in [-0.15, -0.1) is 0 Å². The molecule has 0 amide bonds. The lowest BCUT2D eigenvalue weighted by atomic mass is 9.56. The molecule has 2 atom stereocenters. The van der Waals surface area contributed by atoms with Crippen molar-refractivity contribution in [3.63, 3.8) is 0 Å². The van der Waals surface area contributed by atoms with Crippen molar-refractivity contribution in [2.45, 2.75) is 45.6 Å². The number of nitrogens with one attached hydrogen (secondary N) is 1. The predicted octanol–water partition coefficient (Wildman–Crippen LogP) is 2.96. The first kappa shape index (κ1) is 11.6. The maximum atomic E-state index is 4.22. The number of rotatable bonds is 4. The summed E-state index contributed by atoms with van der Waals surface area (Å²) in [4.78, 5) is 4.22. The van der Waals surface area contributed by atoms with Crippen LogP contribution < -0.4 is 5.32 Å². The van der Waals surface area contributed by atoms with Crippen molar-refractivity contribution < 1.29 is 0 Å². The van der Waals surface area contributed by atoms with E-state index in [0.29, 0.717) is 17.4 Å². The Morgan fingerprint density at radius 1 is 1.50 bits per heavy atom. The molecule has 2 nitrogen and oxygen atoms in total. The molecule has 1 aromatic heterocycles. The summed E-state index contributed by atoms with van der Waals surface area (Å²) in [7, 11) is 0. The van der Waals surface area contributed by atoms with Gasteiger partial charge in [-0.05, 0) is 42.3 Å². The highest BCUT2D eigenvalue weighted by atomic mass is 15.0. The van der Waals surface area contributed by atoms with Crippen LogP contribution in [0.4, 0.5) is 0 Å². The highest BCUT2D eigenvalue weighted by molar-refractivity contribution is 5.24. The molecule has 0 radical (unpaired) electrons. The lowest BCUT2D eigenvalue weighted by Crippen LogP contribution is -2.55. The van der Waals surface area contributed by atoms with Crippen LogP contribution in [0.2, 0.25) is 0 Å². The Kier molecular flexibility index (Phi) is 3.29. The van der Waals surface area contributed by atoms with Crippen molar-refractivity contribution in [3.8, 4) is 0 Å². The van der Waals surface area contributed by atoms with Crippen molar-refractivity contribution in [2.24, 2.45) is 5.41 Å². The molecule has 88 valence electrons. The molecule has 2 rings (SSSR count). The molecule has 1 aromatic rings. The second kappa shape index (κ2) is 4.54. The summed E-state index contributed by atoms with van der Waals surface area (Å²) in [5.74, 6) is 0.663. The van der Waals surface area contributed by atoms with E-state index >= 15 is 0 Å². The van der Waals surface area contributed by atoms with Crippen LogP contribution in [0.25, 0.3) is 0 Å². The molecular formula is C14H22N2. The van der Waals surface area contributed by atoms with E-state index in [9.17, 15) is 0 Å². The molecule has 1 fully saturated rings. The Labute approximate surface area is 98.5 Å². The maximum Gasteiger partial charge on any atom is 0.0302 e. The predicted molar refractivity (Wildman–Crippen MR) is 67.5 cm³/mol. The minimum atomic E-state index is 0.359. The number of hydrogen-bond donors (Lipinski definition) is 1. The van der Waals surface area contributed by atoms with Crippen molar-refractivity contribution in [1.82, 2.24) is 10.3 Å². The minimum absolute atomic E-state index is 0.359. The van der Waals surface area contributed by atoms with Gasteiger partial charge in [0.15, 0.2) is 0 Å². The van der Waals surface area contributed by atoms with Crippen molar-refractivity contribution in [3.05, 3.63) is 30.1 Å². The van der Waals surface area contributed by atoms with E-state index in [4.69, 9.17) is 0 Å². The second-order valence-electron chi connectivity index (χ2n) is 5.40. The van der Waals surface area contributed by atoms with Crippen LogP contribution in [-0.4, -0.2) is 17.6 Å². The zero-order chi connectivity index (χ0) is 11.6. The van der Waals surface area contributed by atoms with Gasteiger partial charge in [0.1, 0.15) is 0 Å². The Hall–Kier alpha value is -0.890. The van der Waals surface area contributed by atoms with E-state index in [1.54, 1.807) is 0 Å². The fourth-order valence-electron chi connectivity index (χ4n) is 2.74. The van der Waals surface area contributed by atoms with Gasteiger partial charge in [-0.2, -0.15) is 0 Å². The SMILES string of the molecule is CCCNC1CC(c2cccnc2)C1(C)C. The normalized spacial score (nSPS) is 27.4. The molecule has 0 aliphatic heterocycles.